The number of carbonyl (C=O) groups is 2. The van der Waals surface area contributed by atoms with Crippen molar-refractivity contribution in [3.63, 3.8) is 0 Å². The fraction of sp³-hybridized carbons (Fsp3) is 0.500. The standard InChI is InChI=1S/C18H22N2O4/c19-10-15-8-4-5-9-16(15)23-13-18(22)24-12-17(21)20-11-14-6-2-1-3-7-14/h4-5,8-9,14H,1-3,6-7,11-13H2,(H,20,21). The van der Waals surface area contributed by atoms with Crippen molar-refractivity contribution in [3.8, 4) is 11.8 Å². The van der Waals surface area contributed by atoms with Crippen LogP contribution >= 0.6 is 0 Å². The largest absolute Gasteiger partial charge is 0.481 e. The number of amides is 1. The second kappa shape index (κ2) is 9.56. The van der Waals surface area contributed by atoms with Crippen LogP contribution in [0.2, 0.25) is 0 Å². The fourth-order valence-electron chi connectivity index (χ4n) is 2.71. The third-order valence-corrected chi connectivity index (χ3v) is 4.03. The number of esters is 1. The van der Waals surface area contributed by atoms with Crippen molar-refractivity contribution in [1.82, 2.24) is 5.32 Å². The summed E-state index contributed by atoms with van der Waals surface area (Å²) >= 11 is 0. The van der Waals surface area contributed by atoms with Crippen LogP contribution in [0.4, 0.5) is 0 Å². The Balaban J connectivity index is 1.63. The number of rotatable bonds is 7. The van der Waals surface area contributed by atoms with E-state index in [9.17, 15) is 9.59 Å². The topological polar surface area (TPSA) is 88.4 Å². The molecule has 0 spiro atoms. The van der Waals surface area contributed by atoms with E-state index in [0.717, 1.165) is 12.8 Å². The molecule has 0 heterocycles. The van der Waals surface area contributed by atoms with Gasteiger partial charge >= 0.3 is 5.97 Å². The Bertz CT molecular complexity index is 603. The fourth-order valence-corrected chi connectivity index (χ4v) is 2.71. The van der Waals surface area contributed by atoms with Crippen LogP contribution in [0.5, 0.6) is 5.75 Å². The zero-order chi connectivity index (χ0) is 17.2. The maximum Gasteiger partial charge on any atom is 0.344 e. The summed E-state index contributed by atoms with van der Waals surface area (Å²) in [6.45, 7) is -0.00810. The van der Waals surface area contributed by atoms with E-state index in [-0.39, 0.29) is 19.1 Å². The molecule has 0 bridgehead atoms. The number of nitriles is 1. The van der Waals surface area contributed by atoms with Crippen LogP contribution in [-0.4, -0.2) is 31.6 Å². The van der Waals surface area contributed by atoms with Crippen molar-refractivity contribution in [1.29, 1.82) is 5.26 Å². The molecule has 24 heavy (non-hydrogen) atoms. The Morgan fingerprint density at radius 3 is 2.67 bits per heavy atom. The van der Waals surface area contributed by atoms with Crippen molar-refractivity contribution in [2.45, 2.75) is 32.1 Å². The van der Waals surface area contributed by atoms with Gasteiger partial charge in [0.05, 0.1) is 5.56 Å². The number of hydrogen-bond acceptors (Lipinski definition) is 5. The van der Waals surface area contributed by atoms with Gasteiger partial charge in [0.25, 0.3) is 5.91 Å². The number of nitrogens with one attached hydrogen (secondary N) is 1. The molecule has 0 aliphatic heterocycles. The molecule has 128 valence electrons. The Hall–Kier alpha value is -2.55. The highest BCUT2D eigenvalue weighted by molar-refractivity contribution is 5.80. The highest BCUT2D eigenvalue weighted by Crippen LogP contribution is 2.22. The predicted molar refractivity (Wildman–Crippen MR) is 87.2 cm³/mol. The van der Waals surface area contributed by atoms with Gasteiger partial charge in [-0.15, -0.1) is 0 Å². The van der Waals surface area contributed by atoms with E-state index < -0.39 is 5.97 Å². The second-order valence-corrected chi connectivity index (χ2v) is 5.87. The minimum atomic E-state index is -0.643. The molecule has 6 heteroatoms. The molecular weight excluding hydrogens is 308 g/mol. The lowest BCUT2D eigenvalue weighted by atomic mass is 9.89. The summed E-state index contributed by atoms with van der Waals surface area (Å²) in [4.78, 5) is 23.3. The van der Waals surface area contributed by atoms with Crippen LogP contribution in [-0.2, 0) is 14.3 Å². The maximum atomic E-state index is 11.7. The van der Waals surface area contributed by atoms with E-state index in [1.54, 1.807) is 24.3 Å². The van der Waals surface area contributed by atoms with Crippen LogP contribution in [0.25, 0.3) is 0 Å². The van der Waals surface area contributed by atoms with Crippen molar-refractivity contribution in [2.24, 2.45) is 5.92 Å². The van der Waals surface area contributed by atoms with Crippen molar-refractivity contribution < 1.29 is 19.1 Å². The van der Waals surface area contributed by atoms with Gasteiger partial charge in [-0.3, -0.25) is 4.79 Å². The second-order valence-electron chi connectivity index (χ2n) is 5.87. The van der Waals surface area contributed by atoms with Gasteiger partial charge in [0.2, 0.25) is 0 Å². The minimum absolute atomic E-state index is 0.300. The molecule has 0 saturated heterocycles. The first-order chi connectivity index (χ1) is 11.7. The van der Waals surface area contributed by atoms with E-state index in [1.807, 2.05) is 6.07 Å². The molecule has 1 aliphatic carbocycles. The van der Waals surface area contributed by atoms with E-state index in [0.29, 0.717) is 23.8 Å². The minimum Gasteiger partial charge on any atom is -0.481 e. The Morgan fingerprint density at radius 2 is 1.92 bits per heavy atom. The van der Waals surface area contributed by atoms with Crippen LogP contribution in [0.3, 0.4) is 0 Å². The number of nitrogens with zero attached hydrogens (tertiary/aromatic N) is 1. The molecule has 0 unspecified atom stereocenters. The van der Waals surface area contributed by atoms with Gasteiger partial charge in [-0.05, 0) is 30.9 Å². The molecular formula is C18H22N2O4. The third-order valence-electron chi connectivity index (χ3n) is 4.03. The zero-order valence-electron chi connectivity index (χ0n) is 13.6. The Morgan fingerprint density at radius 1 is 1.17 bits per heavy atom. The number of hydrogen-bond donors (Lipinski definition) is 1. The Kier molecular flexibility index (Phi) is 7.09. The molecule has 1 aromatic rings. The van der Waals surface area contributed by atoms with Crippen LogP contribution in [0, 0.1) is 17.2 Å². The monoisotopic (exact) mass is 330 g/mol. The lowest BCUT2D eigenvalue weighted by molar-refractivity contribution is -0.150. The zero-order valence-corrected chi connectivity index (χ0v) is 13.6. The van der Waals surface area contributed by atoms with Crippen molar-refractivity contribution in [3.05, 3.63) is 29.8 Å². The first kappa shape index (κ1) is 17.8. The first-order valence-electron chi connectivity index (χ1n) is 8.23. The summed E-state index contributed by atoms with van der Waals surface area (Å²) in [7, 11) is 0. The normalized spacial score (nSPS) is 14.5. The summed E-state index contributed by atoms with van der Waals surface area (Å²) in [5, 5.41) is 11.7. The summed E-state index contributed by atoms with van der Waals surface area (Å²) in [5.41, 5.74) is 0.343. The van der Waals surface area contributed by atoms with E-state index in [2.05, 4.69) is 5.32 Å². The molecule has 0 atom stereocenters. The van der Waals surface area contributed by atoms with Gasteiger partial charge in [-0.2, -0.15) is 5.26 Å². The van der Waals surface area contributed by atoms with Gasteiger partial charge in [-0.25, -0.2) is 4.79 Å². The SMILES string of the molecule is N#Cc1ccccc1OCC(=O)OCC(=O)NCC1CCCCC1. The van der Waals surface area contributed by atoms with Crippen molar-refractivity contribution in [2.75, 3.05) is 19.8 Å². The molecule has 1 aliphatic rings. The number of ether oxygens (including phenoxy) is 2. The molecule has 2 rings (SSSR count). The maximum absolute atomic E-state index is 11.7. The molecule has 1 amide bonds. The van der Waals surface area contributed by atoms with Gasteiger partial charge in [0.15, 0.2) is 13.2 Å². The molecule has 1 aromatic carbocycles. The highest BCUT2D eigenvalue weighted by atomic mass is 16.6. The summed E-state index contributed by atoms with van der Waals surface area (Å²) in [6, 6.07) is 8.59. The molecule has 1 saturated carbocycles. The quantitative estimate of drug-likeness (QED) is 0.774. The number of para-hydroxylation sites is 1. The molecule has 0 radical (unpaired) electrons. The van der Waals surface area contributed by atoms with Gasteiger partial charge in [0, 0.05) is 6.54 Å². The number of carbonyl (C=O) groups excluding carboxylic acids is 2. The predicted octanol–water partition coefficient (Wildman–Crippen LogP) is 2.18. The summed E-state index contributed by atoms with van der Waals surface area (Å²) in [5.74, 6) is -0.0928. The van der Waals surface area contributed by atoms with Crippen LogP contribution in [0.1, 0.15) is 37.7 Å². The molecule has 1 fully saturated rings. The average Bonchev–Trinajstić information content (AvgIpc) is 2.64. The van der Waals surface area contributed by atoms with Gasteiger partial charge in [0.1, 0.15) is 11.8 Å². The van der Waals surface area contributed by atoms with Crippen LogP contribution < -0.4 is 10.1 Å². The average molecular weight is 330 g/mol. The van der Waals surface area contributed by atoms with E-state index in [4.69, 9.17) is 14.7 Å². The van der Waals surface area contributed by atoms with Gasteiger partial charge < -0.3 is 14.8 Å². The first-order valence-corrected chi connectivity index (χ1v) is 8.23. The molecule has 0 aromatic heterocycles. The highest BCUT2D eigenvalue weighted by Gasteiger charge is 2.15. The number of benzene rings is 1. The van der Waals surface area contributed by atoms with Crippen molar-refractivity contribution >= 4 is 11.9 Å². The third kappa shape index (κ3) is 5.92. The Labute approximate surface area is 141 Å². The summed E-state index contributed by atoms with van der Waals surface area (Å²) < 4.78 is 10.1. The van der Waals surface area contributed by atoms with E-state index in [1.165, 1.54) is 19.3 Å². The summed E-state index contributed by atoms with van der Waals surface area (Å²) in [6.07, 6.45) is 6.00. The van der Waals surface area contributed by atoms with E-state index >= 15 is 0 Å². The smallest absolute Gasteiger partial charge is 0.344 e. The van der Waals surface area contributed by atoms with Crippen LogP contribution in [0.15, 0.2) is 24.3 Å². The lowest BCUT2D eigenvalue weighted by Crippen LogP contribution is -2.34. The van der Waals surface area contributed by atoms with Gasteiger partial charge in [-0.1, -0.05) is 31.4 Å². The molecule has 6 nitrogen and oxygen atoms in total. The molecule has 1 N–H and O–H groups in total. The lowest BCUT2D eigenvalue weighted by Gasteiger charge is -2.21.